The van der Waals surface area contributed by atoms with Gasteiger partial charge in [-0.3, -0.25) is 4.67 Å². The van der Waals surface area contributed by atoms with Crippen LogP contribution in [0.5, 0.6) is 0 Å². The number of hydrogen-bond donors (Lipinski definition) is 0. The number of rotatable bonds is 7. The first-order chi connectivity index (χ1) is 7.41. The molecule has 0 aromatic heterocycles. The maximum absolute atomic E-state index is 8.52. The molecular weight excluding hydrogens is 221 g/mol. The second-order valence-corrected chi connectivity index (χ2v) is 6.43. The highest BCUT2D eigenvalue weighted by Gasteiger charge is 2.27. The largest absolute Gasteiger partial charge is 0.330 e. The van der Waals surface area contributed by atoms with Crippen LogP contribution < -0.4 is 0 Å². The first-order valence-electron chi connectivity index (χ1n) is 5.67. The van der Waals surface area contributed by atoms with E-state index in [1.54, 1.807) is 0 Å². The molecule has 0 amide bonds. The maximum Gasteiger partial charge on any atom is 0.187 e. The van der Waals surface area contributed by atoms with Gasteiger partial charge in [0, 0.05) is 12.1 Å². The van der Waals surface area contributed by atoms with Crippen LogP contribution in [-0.2, 0) is 4.52 Å². The third-order valence-corrected chi connectivity index (χ3v) is 4.44. The van der Waals surface area contributed by atoms with Crippen molar-refractivity contribution in [1.29, 1.82) is 5.26 Å². The second kappa shape index (κ2) is 7.97. The van der Waals surface area contributed by atoms with E-state index in [9.17, 15) is 0 Å². The molecule has 16 heavy (non-hydrogen) atoms. The molecular formula is C11H24N3OP. The zero-order valence-corrected chi connectivity index (χ0v) is 12.2. The molecule has 0 spiro atoms. The Morgan fingerprint density at radius 2 is 1.69 bits per heavy atom. The summed E-state index contributed by atoms with van der Waals surface area (Å²) in [6.07, 6.45) is 0.455. The smallest absolute Gasteiger partial charge is 0.187 e. The lowest BCUT2D eigenvalue weighted by atomic mass is 10.3. The summed E-state index contributed by atoms with van der Waals surface area (Å²) in [6.45, 7) is 9.20. The maximum atomic E-state index is 8.52. The molecule has 94 valence electrons. The molecule has 0 N–H and O–H groups in total. The molecule has 5 heteroatoms. The summed E-state index contributed by atoms with van der Waals surface area (Å²) < 4.78 is 10.3. The number of nitriles is 1. The van der Waals surface area contributed by atoms with Crippen LogP contribution in [-0.4, -0.2) is 42.1 Å². The van der Waals surface area contributed by atoms with E-state index in [1.807, 2.05) is 14.1 Å². The van der Waals surface area contributed by atoms with Crippen molar-refractivity contribution in [3.63, 3.8) is 0 Å². The number of nitrogens with zero attached hydrogens (tertiary/aromatic N) is 3. The fraction of sp³-hybridized carbons (Fsp3) is 0.909. The van der Waals surface area contributed by atoms with Gasteiger partial charge in [-0.2, -0.15) is 5.26 Å². The molecule has 0 aromatic carbocycles. The van der Waals surface area contributed by atoms with E-state index < -0.39 is 8.45 Å². The Morgan fingerprint density at radius 1 is 1.19 bits per heavy atom. The van der Waals surface area contributed by atoms with Crippen molar-refractivity contribution < 1.29 is 4.52 Å². The Labute approximate surface area is 101 Å². The van der Waals surface area contributed by atoms with Gasteiger partial charge in [-0.25, -0.2) is 4.67 Å². The average molecular weight is 245 g/mol. The fourth-order valence-corrected chi connectivity index (χ4v) is 3.38. The SMILES string of the molecule is CC(C)N(C(C)C)P(OCCC#N)N(C)C. The number of hydrogen-bond acceptors (Lipinski definition) is 4. The Balaban J connectivity index is 4.53. The van der Waals surface area contributed by atoms with Crippen LogP contribution in [0.2, 0.25) is 0 Å². The van der Waals surface area contributed by atoms with Crippen LogP contribution in [0.25, 0.3) is 0 Å². The Hall–Kier alpha value is -0.200. The Bertz CT molecular complexity index is 218. The molecule has 0 aliphatic rings. The van der Waals surface area contributed by atoms with Gasteiger partial charge in [0.2, 0.25) is 0 Å². The molecule has 0 aliphatic heterocycles. The predicted molar refractivity (Wildman–Crippen MR) is 68.9 cm³/mol. The van der Waals surface area contributed by atoms with E-state index in [0.29, 0.717) is 25.1 Å². The molecule has 0 saturated heterocycles. The Kier molecular flexibility index (Phi) is 7.87. The highest BCUT2D eigenvalue weighted by Crippen LogP contribution is 2.46. The molecule has 1 unspecified atom stereocenters. The third kappa shape index (κ3) is 5.23. The van der Waals surface area contributed by atoms with Crippen LogP contribution in [0.15, 0.2) is 0 Å². The van der Waals surface area contributed by atoms with Crippen molar-refractivity contribution >= 4 is 8.45 Å². The van der Waals surface area contributed by atoms with Crippen LogP contribution in [0.3, 0.4) is 0 Å². The fourth-order valence-electron chi connectivity index (χ4n) is 1.55. The summed E-state index contributed by atoms with van der Waals surface area (Å²) in [7, 11) is 3.29. The van der Waals surface area contributed by atoms with Crippen molar-refractivity contribution in [2.45, 2.75) is 46.2 Å². The molecule has 0 saturated carbocycles. The lowest BCUT2D eigenvalue weighted by molar-refractivity contribution is 0.232. The zero-order chi connectivity index (χ0) is 12.7. The summed E-state index contributed by atoms with van der Waals surface area (Å²) in [5, 5.41) is 8.52. The third-order valence-electron chi connectivity index (χ3n) is 2.02. The van der Waals surface area contributed by atoms with Gasteiger partial charge in [0.15, 0.2) is 8.45 Å². The minimum absolute atomic E-state index is 0.440. The quantitative estimate of drug-likeness (QED) is 0.511. The van der Waals surface area contributed by atoms with Crippen LogP contribution in [0.1, 0.15) is 34.1 Å². The van der Waals surface area contributed by atoms with Crippen molar-refractivity contribution in [1.82, 2.24) is 9.34 Å². The zero-order valence-electron chi connectivity index (χ0n) is 11.3. The molecule has 0 aromatic rings. The lowest BCUT2D eigenvalue weighted by Gasteiger charge is -2.39. The van der Waals surface area contributed by atoms with Gasteiger partial charge in [0.1, 0.15) is 0 Å². The van der Waals surface area contributed by atoms with Crippen molar-refractivity contribution in [3.05, 3.63) is 0 Å². The molecule has 0 aliphatic carbocycles. The van der Waals surface area contributed by atoms with Crippen molar-refractivity contribution in [2.75, 3.05) is 20.7 Å². The standard InChI is InChI=1S/C11H24N3OP/c1-10(2)14(11(3)4)16(13(5)6)15-9-7-8-12/h10-11H,7,9H2,1-6H3. The van der Waals surface area contributed by atoms with Gasteiger partial charge in [0.25, 0.3) is 0 Å². The topological polar surface area (TPSA) is 39.5 Å². The summed E-state index contributed by atoms with van der Waals surface area (Å²) in [5.74, 6) is 0. The van der Waals surface area contributed by atoms with Gasteiger partial charge < -0.3 is 4.52 Å². The van der Waals surface area contributed by atoms with E-state index in [-0.39, 0.29) is 0 Å². The molecule has 0 bridgehead atoms. The van der Waals surface area contributed by atoms with E-state index in [2.05, 4.69) is 43.1 Å². The first-order valence-corrected chi connectivity index (χ1v) is 6.83. The molecule has 0 rings (SSSR count). The average Bonchev–Trinajstić information content (AvgIpc) is 2.14. The van der Waals surface area contributed by atoms with Gasteiger partial charge in [-0.05, 0) is 41.8 Å². The summed E-state index contributed by atoms with van der Waals surface area (Å²) in [5.41, 5.74) is 0. The highest BCUT2D eigenvalue weighted by atomic mass is 31.2. The summed E-state index contributed by atoms with van der Waals surface area (Å²) >= 11 is 0. The van der Waals surface area contributed by atoms with Crippen molar-refractivity contribution in [2.24, 2.45) is 0 Å². The summed E-state index contributed by atoms with van der Waals surface area (Å²) in [6, 6.07) is 2.99. The molecule has 0 heterocycles. The van der Waals surface area contributed by atoms with Gasteiger partial charge >= 0.3 is 0 Å². The summed E-state index contributed by atoms with van der Waals surface area (Å²) in [4.78, 5) is 0. The Morgan fingerprint density at radius 3 is 2.00 bits per heavy atom. The van der Waals surface area contributed by atoms with Crippen molar-refractivity contribution in [3.8, 4) is 6.07 Å². The van der Waals surface area contributed by atoms with Crippen LogP contribution in [0, 0.1) is 11.3 Å². The molecule has 0 fully saturated rings. The minimum Gasteiger partial charge on any atom is -0.330 e. The normalized spacial score (nSPS) is 13.8. The van der Waals surface area contributed by atoms with E-state index >= 15 is 0 Å². The monoisotopic (exact) mass is 245 g/mol. The van der Waals surface area contributed by atoms with E-state index in [4.69, 9.17) is 9.79 Å². The van der Waals surface area contributed by atoms with Gasteiger partial charge in [-0.15, -0.1) is 0 Å². The van der Waals surface area contributed by atoms with Gasteiger partial charge in [0.05, 0.1) is 19.1 Å². The van der Waals surface area contributed by atoms with Crippen LogP contribution >= 0.6 is 8.45 Å². The molecule has 1 atom stereocenters. The van der Waals surface area contributed by atoms with E-state index in [0.717, 1.165) is 0 Å². The lowest BCUT2D eigenvalue weighted by Crippen LogP contribution is -2.36. The van der Waals surface area contributed by atoms with Crippen LogP contribution in [0.4, 0.5) is 0 Å². The highest BCUT2D eigenvalue weighted by molar-refractivity contribution is 7.47. The van der Waals surface area contributed by atoms with E-state index in [1.165, 1.54) is 0 Å². The predicted octanol–water partition coefficient (Wildman–Crippen LogP) is 2.82. The first kappa shape index (κ1) is 15.8. The van der Waals surface area contributed by atoms with Gasteiger partial charge in [-0.1, -0.05) is 0 Å². The second-order valence-electron chi connectivity index (χ2n) is 4.41. The minimum atomic E-state index is -0.758. The molecule has 4 nitrogen and oxygen atoms in total. The molecule has 0 radical (unpaired) electrons.